The third-order valence-electron chi connectivity index (χ3n) is 5.00. The van der Waals surface area contributed by atoms with Crippen molar-refractivity contribution in [3.63, 3.8) is 0 Å². The van der Waals surface area contributed by atoms with Gasteiger partial charge in [-0.2, -0.15) is 0 Å². The lowest BCUT2D eigenvalue weighted by atomic mass is 10.0. The van der Waals surface area contributed by atoms with Crippen molar-refractivity contribution in [3.05, 3.63) is 71.3 Å². The van der Waals surface area contributed by atoms with Crippen LogP contribution in [0.5, 0.6) is 0 Å². The van der Waals surface area contributed by atoms with E-state index in [0.29, 0.717) is 13.1 Å². The number of carbonyl (C=O) groups is 1. The normalized spacial score (nSPS) is 14.8. The summed E-state index contributed by atoms with van der Waals surface area (Å²) in [5.41, 5.74) is 3.66. The van der Waals surface area contributed by atoms with E-state index in [2.05, 4.69) is 34.5 Å². The Balaban J connectivity index is 1.54. The van der Waals surface area contributed by atoms with Gasteiger partial charge in [0.15, 0.2) is 0 Å². The van der Waals surface area contributed by atoms with Crippen LogP contribution in [0.2, 0.25) is 0 Å². The molecular weight excluding hydrogens is 322 g/mol. The summed E-state index contributed by atoms with van der Waals surface area (Å²) in [5, 5.41) is 3.07. The number of nitrogens with one attached hydrogen (secondary N) is 1. The van der Waals surface area contributed by atoms with Crippen LogP contribution >= 0.6 is 0 Å². The van der Waals surface area contributed by atoms with E-state index in [4.69, 9.17) is 0 Å². The molecule has 0 bridgehead atoms. The highest BCUT2D eigenvalue weighted by Gasteiger charge is 2.13. The lowest BCUT2D eigenvalue weighted by Gasteiger charge is -2.27. The SMILES string of the molecule is CN(Cc1ccccc1)C(=O)NCc1ccccc1CN1CCCCC1. The van der Waals surface area contributed by atoms with Crippen molar-refractivity contribution in [2.45, 2.75) is 38.9 Å². The van der Waals surface area contributed by atoms with Crippen LogP contribution in [0.15, 0.2) is 54.6 Å². The average Bonchev–Trinajstić information content (AvgIpc) is 2.68. The second-order valence-electron chi connectivity index (χ2n) is 7.11. The summed E-state index contributed by atoms with van der Waals surface area (Å²) in [6.07, 6.45) is 3.94. The number of amides is 2. The fourth-order valence-electron chi connectivity index (χ4n) is 3.48. The van der Waals surface area contributed by atoms with Gasteiger partial charge in [-0.1, -0.05) is 61.0 Å². The Bertz CT molecular complexity index is 696. The molecule has 4 heteroatoms. The largest absolute Gasteiger partial charge is 0.334 e. The van der Waals surface area contributed by atoms with Gasteiger partial charge in [0, 0.05) is 26.7 Å². The molecule has 26 heavy (non-hydrogen) atoms. The second-order valence-corrected chi connectivity index (χ2v) is 7.11. The predicted octanol–water partition coefficient (Wildman–Crippen LogP) is 4.01. The van der Waals surface area contributed by atoms with Crippen LogP contribution in [-0.2, 0) is 19.6 Å². The predicted molar refractivity (Wildman–Crippen MR) is 106 cm³/mol. The number of urea groups is 1. The first-order chi connectivity index (χ1) is 12.7. The number of hydrogen-bond donors (Lipinski definition) is 1. The van der Waals surface area contributed by atoms with Gasteiger partial charge < -0.3 is 10.2 Å². The molecule has 2 aromatic rings. The Labute approximate surface area is 156 Å². The van der Waals surface area contributed by atoms with Crippen LogP contribution in [-0.4, -0.2) is 36.0 Å². The zero-order valence-corrected chi connectivity index (χ0v) is 15.7. The van der Waals surface area contributed by atoms with Crippen LogP contribution in [0, 0.1) is 0 Å². The summed E-state index contributed by atoms with van der Waals surface area (Å²) in [4.78, 5) is 16.7. The fourth-order valence-corrected chi connectivity index (χ4v) is 3.48. The monoisotopic (exact) mass is 351 g/mol. The van der Waals surface area contributed by atoms with E-state index in [1.807, 2.05) is 37.4 Å². The highest BCUT2D eigenvalue weighted by Crippen LogP contribution is 2.16. The molecule has 0 saturated carbocycles. The number of likely N-dealkylation sites (tertiary alicyclic amines) is 1. The van der Waals surface area contributed by atoms with Crippen molar-refractivity contribution in [3.8, 4) is 0 Å². The molecule has 4 nitrogen and oxygen atoms in total. The Morgan fingerprint density at radius 1 is 0.962 bits per heavy atom. The molecule has 1 aliphatic rings. The van der Waals surface area contributed by atoms with Gasteiger partial charge in [0.2, 0.25) is 0 Å². The Hall–Kier alpha value is -2.33. The molecule has 3 rings (SSSR count). The Kier molecular flexibility index (Phi) is 6.67. The van der Waals surface area contributed by atoms with Crippen molar-refractivity contribution >= 4 is 6.03 Å². The molecule has 0 aliphatic carbocycles. The van der Waals surface area contributed by atoms with Crippen LogP contribution in [0.3, 0.4) is 0 Å². The summed E-state index contributed by atoms with van der Waals surface area (Å²) < 4.78 is 0. The lowest BCUT2D eigenvalue weighted by Crippen LogP contribution is -2.36. The van der Waals surface area contributed by atoms with Gasteiger partial charge in [-0.25, -0.2) is 4.79 Å². The highest BCUT2D eigenvalue weighted by molar-refractivity contribution is 5.73. The van der Waals surface area contributed by atoms with E-state index in [-0.39, 0.29) is 6.03 Å². The summed E-state index contributed by atoms with van der Waals surface area (Å²) in [7, 11) is 1.84. The maximum Gasteiger partial charge on any atom is 0.317 e. The van der Waals surface area contributed by atoms with E-state index in [1.165, 1.54) is 43.5 Å². The van der Waals surface area contributed by atoms with E-state index < -0.39 is 0 Å². The molecule has 1 heterocycles. The molecule has 0 unspecified atom stereocenters. The summed E-state index contributed by atoms with van der Waals surface area (Å²) in [5.74, 6) is 0. The first-order valence-electron chi connectivity index (χ1n) is 9.54. The minimum absolute atomic E-state index is 0.0402. The van der Waals surface area contributed by atoms with Gasteiger partial charge in [-0.05, 0) is 42.6 Å². The highest BCUT2D eigenvalue weighted by atomic mass is 16.2. The van der Waals surface area contributed by atoms with E-state index in [1.54, 1.807) is 4.90 Å². The first kappa shape index (κ1) is 18.5. The quantitative estimate of drug-likeness (QED) is 0.853. The van der Waals surface area contributed by atoms with Gasteiger partial charge in [0.25, 0.3) is 0 Å². The maximum atomic E-state index is 12.4. The molecule has 1 saturated heterocycles. The fraction of sp³-hybridized carbons (Fsp3) is 0.409. The van der Waals surface area contributed by atoms with Crippen molar-refractivity contribution in [1.82, 2.24) is 15.1 Å². The minimum Gasteiger partial charge on any atom is -0.334 e. The number of benzene rings is 2. The van der Waals surface area contributed by atoms with Crippen LogP contribution < -0.4 is 5.32 Å². The van der Waals surface area contributed by atoms with Gasteiger partial charge in [-0.3, -0.25) is 4.90 Å². The van der Waals surface area contributed by atoms with E-state index >= 15 is 0 Å². The molecule has 0 radical (unpaired) electrons. The topological polar surface area (TPSA) is 35.6 Å². The molecule has 1 aliphatic heterocycles. The molecule has 1 fully saturated rings. The lowest BCUT2D eigenvalue weighted by molar-refractivity contribution is 0.206. The Morgan fingerprint density at radius 2 is 1.62 bits per heavy atom. The van der Waals surface area contributed by atoms with E-state index in [0.717, 1.165) is 12.1 Å². The van der Waals surface area contributed by atoms with Crippen molar-refractivity contribution in [2.75, 3.05) is 20.1 Å². The summed E-state index contributed by atoms with van der Waals surface area (Å²) in [6.45, 7) is 4.52. The van der Waals surface area contributed by atoms with Gasteiger partial charge in [0.1, 0.15) is 0 Å². The first-order valence-corrected chi connectivity index (χ1v) is 9.54. The molecule has 2 amide bonds. The third kappa shape index (κ3) is 5.33. The Morgan fingerprint density at radius 3 is 2.35 bits per heavy atom. The molecule has 0 atom stereocenters. The number of rotatable bonds is 6. The van der Waals surface area contributed by atoms with E-state index in [9.17, 15) is 4.79 Å². The van der Waals surface area contributed by atoms with Crippen molar-refractivity contribution < 1.29 is 4.79 Å². The number of nitrogens with zero attached hydrogens (tertiary/aromatic N) is 2. The molecule has 2 aromatic carbocycles. The molecular formula is C22H29N3O. The van der Waals surface area contributed by atoms with Gasteiger partial charge in [-0.15, -0.1) is 0 Å². The van der Waals surface area contributed by atoms with Gasteiger partial charge in [0.05, 0.1) is 0 Å². The smallest absolute Gasteiger partial charge is 0.317 e. The van der Waals surface area contributed by atoms with Crippen LogP contribution in [0.25, 0.3) is 0 Å². The molecule has 1 N–H and O–H groups in total. The zero-order chi connectivity index (χ0) is 18.2. The standard InChI is InChI=1S/C22H29N3O/c1-24(17-19-10-4-2-5-11-19)22(26)23-16-20-12-6-7-13-21(20)18-25-14-8-3-9-15-25/h2,4-7,10-13H,3,8-9,14-18H2,1H3,(H,23,26). The third-order valence-corrected chi connectivity index (χ3v) is 5.00. The number of hydrogen-bond acceptors (Lipinski definition) is 2. The molecule has 138 valence electrons. The van der Waals surface area contributed by atoms with Crippen molar-refractivity contribution in [1.29, 1.82) is 0 Å². The summed E-state index contributed by atoms with van der Waals surface area (Å²) in [6, 6.07) is 18.5. The molecule has 0 spiro atoms. The van der Waals surface area contributed by atoms with Crippen LogP contribution in [0.1, 0.15) is 36.0 Å². The summed E-state index contributed by atoms with van der Waals surface area (Å²) >= 11 is 0. The zero-order valence-electron chi connectivity index (χ0n) is 15.7. The average molecular weight is 351 g/mol. The van der Waals surface area contributed by atoms with Crippen molar-refractivity contribution in [2.24, 2.45) is 0 Å². The number of piperidine rings is 1. The minimum atomic E-state index is -0.0402. The van der Waals surface area contributed by atoms with Crippen LogP contribution in [0.4, 0.5) is 4.79 Å². The number of carbonyl (C=O) groups excluding carboxylic acids is 1. The maximum absolute atomic E-state index is 12.4. The van der Waals surface area contributed by atoms with Gasteiger partial charge >= 0.3 is 6.03 Å². The molecule has 0 aromatic heterocycles. The second kappa shape index (κ2) is 9.39.